The molecule has 5 rings (SSSR count). The lowest BCUT2D eigenvalue weighted by molar-refractivity contribution is -0.157. The number of Topliss-reactive ketones (excluding diaryl/α,β-unsaturated/α-hetero) is 1. The molecule has 1 saturated carbocycles. The minimum absolute atomic E-state index is 0.0767. The van der Waals surface area contributed by atoms with Crippen LogP contribution in [0.15, 0.2) is 58.6 Å². The summed E-state index contributed by atoms with van der Waals surface area (Å²) in [5, 5.41) is 0.834. The highest BCUT2D eigenvalue weighted by atomic mass is 35.5. The molecule has 0 spiro atoms. The van der Waals surface area contributed by atoms with Crippen LogP contribution < -0.4 is 0 Å². The zero-order valence-electron chi connectivity index (χ0n) is 19.4. The number of hydrogen-bond acceptors (Lipinski definition) is 4. The predicted octanol–water partition coefficient (Wildman–Crippen LogP) is 7.07. The lowest BCUT2D eigenvalue weighted by Gasteiger charge is -2.38. The third-order valence-corrected chi connectivity index (χ3v) is 12.1. The van der Waals surface area contributed by atoms with Gasteiger partial charge in [-0.1, -0.05) is 99.9 Å². The number of imide groups is 1. The maximum atomic E-state index is 14.0. The third kappa shape index (κ3) is 3.69. The van der Waals surface area contributed by atoms with Crippen LogP contribution in [0, 0.1) is 11.8 Å². The van der Waals surface area contributed by atoms with Gasteiger partial charge < -0.3 is 0 Å². The Balaban J connectivity index is 1.66. The summed E-state index contributed by atoms with van der Waals surface area (Å²) in [5.74, 6) is -6.53. The van der Waals surface area contributed by atoms with Crippen molar-refractivity contribution in [2.24, 2.45) is 11.8 Å². The number of hydrogen-bond donors (Lipinski definition) is 0. The summed E-state index contributed by atoms with van der Waals surface area (Å²) >= 11 is 51.8. The second-order valence-corrected chi connectivity index (χ2v) is 13.4. The molecule has 3 amide bonds. The zero-order chi connectivity index (χ0) is 28.8. The molecular formula is C25H14Cl8N2O4. The Morgan fingerprint density at radius 2 is 1.36 bits per heavy atom. The van der Waals surface area contributed by atoms with Gasteiger partial charge in [-0.2, -0.15) is 5.01 Å². The summed E-state index contributed by atoms with van der Waals surface area (Å²) in [6.07, 6.45) is 0. The normalized spacial score (nSPS) is 29.6. The molecule has 6 nitrogen and oxygen atoms in total. The van der Waals surface area contributed by atoms with Crippen molar-refractivity contribution >= 4 is 116 Å². The lowest BCUT2D eigenvalue weighted by atomic mass is 9.84. The van der Waals surface area contributed by atoms with E-state index in [9.17, 15) is 19.2 Å². The van der Waals surface area contributed by atoms with E-state index in [2.05, 4.69) is 0 Å². The van der Waals surface area contributed by atoms with E-state index >= 15 is 0 Å². The number of amides is 3. The minimum atomic E-state index is -2.16. The van der Waals surface area contributed by atoms with Gasteiger partial charge in [0.15, 0.2) is 10.1 Å². The Labute approximate surface area is 262 Å². The van der Waals surface area contributed by atoms with E-state index in [0.29, 0.717) is 5.01 Å². The summed E-state index contributed by atoms with van der Waals surface area (Å²) in [4.78, 5) is 51.3. The fourth-order valence-electron chi connectivity index (χ4n) is 5.37. The molecule has 14 heteroatoms. The van der Waals surface area contributed by atoms with Gasteiger partial charge in [-0.15, -0.1) is 23.2 Å². The Hall–Kier alpha value is -1.22. The van der Waals surface area contributed by atoms with E-state index < -0.39 is 55.5 Å². The number of hydrazine groups is 1. The monoisotopic (exact) mass is 686 g/mol. The summed E-state index contributed by atoms with van der Waals surface area (Å²) in [5.41, 5.74) is 0.0917. The van der Waals surface area contributed by atoms with Gasteiger partial charge in [0.1, 0.15) is 15.8 Å². The van der Waals surface area contributed by atoms with E-state index in [1.54, 1.807) is 18.2 Å². The molecule has 2 fully saturated rings. The number of carbonyl (C=O) groups excluding carboxylic acids is 4. The molecule has 39 heavy (non-hydrogen) atoms. The Morgan fingerprint density at radius 3 is 1.85 bits per heavy atom. The van der Waals surface area contributed by atoms with Crippen molar-refractivity contribution in [1.82, 2.24) is 10.0 Å². The summed E-state index contributed by atoms with van der Waals surface area (Å²) in [6, 6.07) is 10.6. The minimum Gasteiger partial charge on any atom is -0.292 e. The van der Waals surface area contributed by atoms with Crippen LogP contribution in [0.4, 0.5) is 0 Å². The van der Waals surface area contributed by atoms with E-state index in [1.807, 2.05) is 0 Å². The molecule has 1 aliphatic heterocycles. The number of benzene rings is 2. The van der Waals surface area contributed by atoms with Crippen LogP contribution >= 0.6 is 92.8 Å². The van der Waals surface area contributed by atoms with Gasteiger partial charge in [-0.3, -0.25) is 19.2 Å². The smallest absolute Gasteiger partial charge is 0.275 e. The molecule has 2 aromatic rings. The number of rotatable bonds is 5. The average molecular weight is 690 g/mol. The van der Waals surface area contributed by atoms with Gasteiger partial charge in [0.05, 0.1) is 32.5 Å². The van der Waals surface area contributed by atoms with Crippen LogP contribution in [0.25, 0.3) is 0 Å². The Bertz CT molecular complexity index is 1450. The SMILES string of the molecule is C[C@H](C(=O)c1ccccc1)N(C(=O)c1ccc(Cl)cc1Cl)N1C(=O)[C@@H]2[C@H](C1=O)[C@@]1(Cl)C(Cl)=C(Cl)[C@@]2(Cl)C1(Cl)Cl. The molecule has 1 heterocycles. The molecule has 1 saturated heterocycles. The van der Waals surface area contributed by atoms with Crippen LogP contribution in [-0.2, 0) is 9.59 Å². The average Bonchev–Trinajstić information content (AvgIpc) is 3.27. The van der Waals surface area contributed by atoms with Crippen LogP contribution in [0.3, 0.4) is 0 Å². The second kappa shape index (κ2) is 9.67. The van der Waals surface area contributed by atoms with Gasteiger partial charge in [-0.05, 0) is 25.1 Å². The molecule has 5 atom stereocenters. The predicted molar refractivity (Wildman–Crippen MR) is 152 cm³/mol. The van der Waals surface area contributed by atoms with Gasteiger partial charge in [0, 0.05) is 10.6 Å². The first kappa shape index (κ1) is 29.3. The molecule has 2 aliphatic carbocycles. The molecule has 3 aliphatic rings. The van der Waals surface area contributed by atoms with Crippen LogP contribution in [0.1, 0.15) is 27.6 Å². The number of nitrogens with zero attached hydrogens (tertiary/aromatic N) is 2. The van der Waals surface area contributed by atoms with E-state index in [0.717, 1.165) is 5.01 Å². The number of allylic oxidation sites excluding steroid dienone is 2. The van der Waals surface area contributed by atoms with Gasteiger partial charge in [-0.25, -0.2) is 5.01 Å². The van der Waals surface area contributed by atoms with Crippen molar-refractivity contribution in [3.8, 4) is 0 Å². The van der Waals surface area contributed by atoms with Gasteiger partial charge >= 0.3 is 0 Å². The molecule has 0 N–H and O–H groups in total. The first-order valence-corrected chi connectivity index (χ1v) is 14.2. The maximum absolute atomic E-state index is 14.0. The number of alkyl halides is 4. The maximum Gasteiger partial charge on any atom is 0.275 e. The van der Waals surface area contributed by atoms with E-state index in [4.69, 9.17) is 92.8 Å². The lowest BCUT2D eigenvalue weighted by Crippen LogP contribution is -2.59. The van der Waals surface area contributed by atoms with Crippen LogP contribution in [-0.4, -0.2) is 53.6 Å². The Kier molecular flexibility index (Phi) is 7.26. The number of carbonyl (C=O) groups is 4. The number of fused-ring (bicyclic) bond motifs is 5. The largest absolute Gasteiger partial charge is 0.292 e. The summed E-state index contributed by atoms with van der Waals surface area (Å²) in [6.45, 7) is 1.36. The highest BCUT2D eigenvalue weighted by Gasteiger charge is 2.88. The molecule has 204 valence electrons. The standard InChI is InChI=1S/C25H14Cl8N2O4/c1-10(17(36)11-5-3-2-4-6-11)34(20(37)13-8-7-12(26)9-14(13)27)35-21(38)15-16(22(35)39)24(31)19(29)18(28)23(15,30)25(24,32)33/h2-10,15-16H,1H3/t10-,15-,16+,23-,24-/m1/s1. The quantitative estimate of drug-likeness (QED) is 0.191. The highest BCUT2D eigenvalue weighted by molar-refractivity contribution is 6.66. The number of halogens is 8. The first-order valence-electron chi connectivity index (χ1n) is 11.2. The topological polar surface area (TPSA) is 74.8 Å². The third-order valence-electron chi connectivity index (χ3n) is 7.28. The molecule has 0 unspecified atom stereocenters. The fraction of sp³-hybridized carbons (Fsp3) is 0.280. The van der Waals surface area contributed by atoms with Gasteiger partial charge in [0.2, 0.25) is 0 Å². The molecule has 0 radical (unpaired) electrons. The van der Waals surface area contributed by atoms with Crippen molar-refractivity contribution in [3.63, 3.8) is 0 Å². The highest BCUT2D eigenvalue weighted by Crippen LogP contribution is 2.77. The zero-order valence-corrected chi connectivity index (χ0v) is 25.4. The number of ketones is 1. The molecular weight excluding hydrogens is 676 g/mol. The van der Waals surface area contributed by atoms with Crippen molar-refractivity contribution in [1.29, 1.82) is 0 Å². The van der Waals surface area contributed by atoms with Crippen molar-refractivity contribution < 1.29 is 19.2 Å². The molecule has 2 bridgehead atoms. The first-order chi connectivity index (χ1) is 18.1. The fourth-order valence-corrected chi connectivity index (χ4v) is 8.79. The molecule has 0 aromatic heterocycles. The summed E-state index contributed by atoms with van der Waals surface area (Å²) < 4.78 is -2.16. The van der Waals surface area contributed by atoms with Crippen molar-refractivity contribution in [2.45, 2.75) is 27.0 Å². The van der Waals surface area contributed by atoms with E-state index in [-0.39, 0.29) is 31.2 Å². The van der Waals surface area contributed by atoms with Crippen LogP contribution in [0.5, 0.6) is 0 Å². The second-order valence-electron chi connectivity index (χ2n) is 9.25. The van der Waals surface area contributed by atoms with Gasteiger partial charge in [0.25, 0.3) is 17.7 Å². The van der Waals surface area contributed by atoms with E-state index in [1.165, 1.54) is 37.3 Å². The Morgan fingerprint density at radius 1 is 0.846 bits per heavy atom. The molecule has 2 aromatic carbocycles. The summed E-state index contributed by atoms with van der Waals surface area (Å²) in [7, 11) is 0. The van der Waals surface area contributed by atoms with Crippen molar-refractivity contribution in [3.05, 3.63) is 79.8 Å². The van der Waals surface area contributed by atoms with Crippen molar-refractivity contribution in [2.75, 3.05) is 0 Å². The van der Waals surface area contributed by atoms with Crippen LogP contribution in [0.2, 0.25) is 10.0 Å².